The van der Waals surface area contributed by atoms with E-state index in [0.29, 0.717) is 24.7 Å². The molecular weight excluding hydrogens is 298 g/mol. The SMILES string of the molecule is Cc1ccc(C(=O)N2CCOC(c3cccc(Cl)c3)C2)cc1. The Morgan fingerprint density at radius 3 is 2.73 bits per heavy atom. The lowest BCUT2D eigenvalue weighted by Crippen LogP contribution is -2.42. The summed E-state index contributed by atoms with van der Waals surface area (Å²) in [7, 11) is 0. The van der Waals surface area contributed by atoms with E-state index in [1.54, 1.807) is 0 Å². The first-order valence-corrected chi connectivity index (χ1v) is 7.74. The van der Waals surface area contributed by atoms with Gasteiger partial charge in [-0.25, -0.2) is 0 Å². The summed E-state index contributed by atoms with van der Waals surface area (Å²) in [5.74, 6) is 0.0512. The molecule has 1 aliphatic rings. The molecular formula is C18H18ClNO2. The Hall–Kier alpha value is -1.84. The number of hydrogen-bond acceptors (Lipinski definition) is 2. The largest absolute Gasteiger partial charge is 0.370 e. The lowest BCUT2D eigenvalue weighted by molar-refractivity contribution is -0.0228. The van der Waals surface area contributed by atoms with E-state index < -0.39 is 0 Å². The van der Waals surface area contributed by atoms with Crippen molar-refractivity contribution in [1.29, 1.82) is 0 Å². The molecule has 0 aromatic heterocycles. The highest BCUT2D eigenvalue weighted by Crippen LogP contribution is 2.25. The van der Waals surface area contributed by atoms with E-state index in [9.17, 15) is 4.79 Å². The predicted octanol–water partition coefficient (Wildman–Crippen LogP) is 3.86. The van der Waals surface area contributed by atoms with Gasteiger partial charge in [-0.15, -0.1) is 0 Å². The van der Waals surface area contributed by atoms with Gasteiger partial charge in [-0.05, 0) is 36.8 Å². The monoisotopic (exact) mass is 315 g/mol. The van der Waals surface area contributed by atoms with Gasteiger partial charge >= 0.3 is 0 Å². The molecule has 0 bridgehead atoms. The Morgan fingerprint density at radius 1 is 1.23 bits per heavy atom. The molecule has 3 nitrogen and oxygen atoms in total. The summed E-state index contributed by atoms with van der Waals surface area (Å²) in [5, 5.41) is 0.683. The first-order chi connectivity index (χ1) is 10.6. The first kappa shape index (κ1) is 15.1. The Kier molecular flexibility index (Phi) is 4.46. The predicted molar refractivity (Wildman–Crippen MR) is 87.2 cm³/mol. The zero-order valence-electron chi connectivity index (χ0n) is 12.5. The van der Waals surface area contributed by atoms with Crippen LogP contribution < -0.4 is 0 Å². The van der Waals surface area contributed by atoms with E-state index in [-0.39, 0.29) is 12.0 Å². The van der Waals surface area contributed by atoms with Crippen LogP contribution in [-0.2, 0) is 4.74 Å². The van der Waals surface area contributed by atoms with Crippen molar-refractivity contribution in [1.82, 2.24) is 4.90 Å². The highest BCUT2D eigenvalue weighted by molar-refractivity contribution is 6.30. The van der Waals surface area contributed by atoms with Crippen LogP contribution >= 0.6 is 11.6 Å². The molecule has 1 aliphatic heterocycles. The Bertz CT molecular complexity index is 669. The average Bonchev–Trinajstić information content (AvgIpc) is 2.55. The van der Waals surface area contributed by atoms with Gasteiger partial charge in [0.05, 0.1) is 13.2 Å². The summed E-state index contributed by atoms with van der Waals surface area (Å²) in [4.78, 5) is 14.4. The van der Waals surface area contributed by atoms with Crippen LogP contribution in [0.15, 0.2) is 48.5 Å². The zero-order valence-corrected chi connectivity index (χ0v) is 13.2. The van der Waals surface area contributed by atoms with Crippen molar-refractivity contribution in [2.45, 2.75) is 13.0 Å². The van der Waals surface area contributed by atoms with E-state index in [2.05, 4.69) is 0 Å². The second-order valence-electron chi connectivity index (χ2n) is 5.53. The van der Waals surface area contributed by atoms with E-state index >= 15 is 0 Å². The Labute approximate surface area is 135 Å². The number of carbonyl (C=O) groups is 1. The first-order valence-electron chi connectivity index (χ1n) is 7.36. The molecule has 0 radical (unpaired) electrons. The van der Waals surface area contributed by atoms with Crippen LogP contribution in [0.2, 0.25) is 5.02 Å². The maximum absolute atomic E-state index is 12.6. The molecule has 1 amide bonds. The molecule has 22 heavy (non-hydrogen) atoms. The van der Waals surface area contributed by atoms with Gasteiger partial charge in [-0.2, -0.15) is 0 Å². The fraction of sp³-hybridized carbons (Fsp3) is 0.278. The van der Waals surface area contributed by atoms with Crippen LogP contribution in [0, 0.1) is 6.92 Å². The molecule has 2 aromatic rings. The summed E-state index contributed by atoms with van der Waals surface area (Å²) in [5.41, 5.74) is 2.88. The van der Waals surface area contributed by atoms with Crippen molar-refractivity contribution in [2.24, 2.45) is 0 Å². The van der Waals surface area contributed by atoms with E-state index in [4.69, 9.17) is 16.3 Å². The summed E-state index contributed by atoms with van der Waals surface area (Å²) in [6.45, 7) is 3.71. The van der Waals surface area contributed by atoms with E-state index in [1.807, 2.05) is 60.4 Å². The quantitative estimate of drug-likeness (QED) is 0.842. The fourth-order valence-corrected chi connectivity index (χ4v) is 2.82. The number of halogens is 1. The normalized spacial score (nSPS) is 18.3. The third-order valence-electron chi connectivity index (χ3n) is 3.87. The van der Waals surface area contributed by atoms with Gasteiger partial charge in [0.1, 0.15) is 6.10 Å². The molecule has 0 spiro atoms. The third-order valence-corrected chi connectivity index (χ3v) is 4.11. The van der Waals surface area contributed by atoms with Gasteiger partial charge in [-0.3, -0.25) is 4.79 Å². The number of morpholine rings is 1. The summed E-state index contributed by atoms with van der Waals surface area (Å²) < 4.78 is 5.80. The second kappa shape index (κ2) is 6.51. The van der Waals surface area contributed by atoms with Crippen molar-refractivity contribution in [3.63, 3.8) is 0 Å². The molecule has 1 heterocycles. The molecule has 1 atom stereocenters. The molecule has 1 saturated heterocycles. The number of nitrogens with zero attached hydrogens (tertiary/aromatic N) is 1. The lowest BCUT2D eigenvalue weighted by atomic mass is 10.1. The Morgan fingerprint density at radius 2 is 2.00 bits per heavy atom. The van der Waals surface area contributed by atoms with E-state index in [0.717, 1.165) is 16.7 Å². The summed E-state index contributed by atoms with van der Waals surface area (Å²) >= 11 is 6.04. The molecule has 1 unspecified atom stereocenters. The standard InChI is InChI=1S/C18H18ClNO2/c1-13-5-7-14(8-6-13)18(21)20-9-10-22-17(12-20)15-3-2-4-16(19)11-15/h2-8,11,17H,9-10,12H2,1H3. The van der Waals surface area contributed by atoms with E-state index in [1.165, 1.54) is 0 Å². The van der Waals surface area contributed by atoms with Crippen LogP contribution in [0.1, 0.15) is 27.6 Å². The van der Waals surface area contributed by atoms with Crippen LogP contribution in [0.25, 0.3) is 0 Å². The van der Waals surface area contributed by atoms with Gasteiger partial charge in [0.2, 0.25) is 0 Å². The molecule has 0 N–H and O–H groups in total. The minimum atomic E-state index is -0.123. The van der Waals surface area contributed by atoms with Crippen molar-refractivity contribution < 1.29 is 9.53 Å². The van der Waals surface area contributed by atoms with Gasteiger partial charge in [0, 0.05) is 17.1 Å². The topological polar surface area (TPSA) is 29.5 Å². The van der Waals surface area contributed by atoms with Crippen molar-refractivity contribution >= 4 is 17.5 Å². The second-order valence-corrected chi connectivity index (χ2v) is 5.97. The van der Waals surface area contributed by atoms with Gasteiger partial charge in [0.25, 0.3) is 5.91 Å². The highest BCUT2D eigenvalue weighted by Gasteiger charge is 2.26. The number of ether oxygens (including phenoxy) is 1. The molecule has 114 valence electrons. The van der Waals surface area contributed by atoms with Crippen LogP contribution in [0.3, 0.4) is 0 Å². The van der Waals surface area contributed by atoms with Crippen LogP contribution in [0.5, 0.6) is 0 Å². The maximum atomic E-state index is 12.6. The average molecular weight is 316 g/mol. The number of amides is 1. The van der Waals surface area contributed by atoms with Gasteiger partial charge in [0.15, 0.2) is 0 Å². The smallest absolute Gasteiger partial charge is 0.254 e. The molecule has 3 rings (SSSR count). The lowest BCUT2D eigenvalue weighted by Gasteiger charge is -2.33. The molecule has 0 saturated carbocycles. The minimum Gasteiger partial charge on any atom is -0.370 e. The Balaban J connectivity index is 1.75. The van der Waals surface area contributed by atoms with Crippen molar-refractivity contribution in [3.05, 3.63) is 70.2 Å². The maximum Gasteiger partial charge on any atom is 0.254 e. The number of rotatable bonds is 2. The highest BCUT2D eigenvalue weighted by atomic mass is 35.5. The fourth-order valence-electron chi connectivity index (χ4n) is 2.62. The number of carbonyl (C=O) groups excluding carboxylic acids is 1. The van der Waals surface area contributed by atoms with Crippen molar-refractivity contribution in [3.8, 4) is 0 Å². The summed E-state index contributed by atoms with van der Waals surface area (Å²) in [6, 6.07) is 15.3. The molecule has 4 heteroatoms. The number of benzene rings is 2. The zero-order chi connectivity index (χ0) is 15.5. The number of aryl methyl sites for hydroxylation is 1. The van der Waals surface area contributed by atoms with Gasteiger partial charge in [-0.1, -0.05) is 41.4 Å². The molecule has 2 aromatic carbocycles. The minimum absolute atomic E-state index is 0.0512. The van der Waals surface area contributed by atoms with Crippen molar-refractivity contribution in [2.75, 3.05) is 19.7 Å². The summed E-state index contributed by atoms with van der Waals surface area (Å²) in [6.07, 6.45) is -0.123. The number of hydrogen-bond donors (Lipinski definition) is 0. The molecule has 0 aliphatic carbocycles. The van der Waals surface area contributed by atoms with Gasteiger partial charge < -0.3 is 9.64 Å². The third kappa shape index (κ3) is 3.32. The molecule has 1 fully saturated rings. The van der Waals surface area contributed by atoms with Crippen LogP contribution in [-0.4, -0.2) is 30.5 Å². The van der Waals surface area contributed by atoms with Crippen LogP contribution in [0.4, 0.5) is 0 Å².